The highest BCUT2D eigenvalue weighted by Gasteiger charge is 2.29. The second kappa shape index (κ2) is 10.1. The second-order valence-electron chi connectivity index (χ2n) is 7.81. The average Bonchev–Trinajstić information content (AvgIpc) is 3.03. The molecule has 6 nitrogen and oxygen atoms in total. The van der Waals surface area contributed by atoms with Gasteiger partial charge < -0.3 is 19.7 Å². The molecule has 2 rings (SSSR count). The van der Waals surface area contributed by atoms with Gasteiger partial charge in [-0.3, -0.25) is 4.79 Å². The van der Waals surface area contributed by atoms with Crippen LogP contribution in [0.15, 0.2) is 29.9 Å². The molecule has 1 heterocycles. The Morgan fingerprint density at radius 1 is 1.28 bits per heavy atom. The van der Waals surface area contributed by atoms with E-state index in [1.54, 1.807) is 0 Å². The van der Waals surface area contributed by atoms with Crippen molar-refractivity contribution < 1.29 is 29.3 Å². The molecule has 1 atom stereocenters. The molecule has 0 amide bonds. The minimum absolute atomic E-state index is 0.0265. The van der Waals surface area contributed by atoms with Gasteiger partial charge in [-0.1, -0.05) is 44.6 Å². The number of Topliss-reactive ketones (excluding diaryl/α,β-unsaturated/α-hetero) is 1. The van der Waals surface area contributed by atoms with Gasteiger partial charge in [0.2, 0.25) is 5.75 Å². The highest BCUT2D eigenvalue weighted by molar-refractivity contribution is 5.95. The maximum absolute atomic E-state index is 11.7. The third-order valence-electron chi connectivity index (χ3n) is 4.96. The number of cyclic esters (lactones) is 1. The number of ketones is 1. The van der Waals surface area contributed by atoms with Crippen molar-refractivity contribution in [2.24, 2.45) is 11.8 Å². The number of hydrogen-bond acceptors (Lipinski definition) is 6. The molecule has 29 heavy (non-hydrogen) atoms. The zero-order chi connectivity index (χ0) is 21.6. The van der Waals surface area contributed by atoms with Crippen LogP contribution in [0.25, 0.3) is 0 Å². The maximum Gasteiger partial charge on any atom is 0.339 e. The average molecular weight is 402 g/mol. The number of phenols is 2. The third kappa shape index (κ3) is 6.11. The Labute approximate surface area is 171 Å². The number of phenolic OH excluding ortho intramolecular Hbond substituents is 2. The fourth-order valence-corrected chi connectivity index (χ4v) is 2.92. The molecule has 1 aliphatic heterocycles. The highest BCUT2D eigenvalue weighted by atomic mass is 16.5. The number of ether oxygens (including phenoxy) is 2. The summed E-state index contributed by atoms with van der Waals surface area (Å²) >= 11 is 0. The number of fused-ring (bicyclic) bond motifs is 1. The monoisotopic (exact) mass is 402 g/mol. The van der Waals surface area contributed by atoms with Crippen LogP contribution in [0.2, 0.25) is 0 Å². The zero-order valence-corrected chi connectivity index (χ0v) is 17.5. The summed E-state index contributed by atoms with van der Waals surface area (Å²) in [5, 5.41) is 20.3. The molecule has 0 radical (unpaired) electrons. The van der Waals surface area contributed by atoms with Crippen LogP contribution < -0.4 is 4.74 Å². The smallest absolute Gasteiger partial charge is 0.339 e. The normalized spacial score (nSPS) is 14.9. The lowest BCUT2D eigenvalue weighted by molar-refractivity contribution is -0.122. The Bertz CT molecular complexity index is 819. The number of benzene rings is 1. The van der Waals surface area contributed by atoms with Crippen LogP contribution in [-0.4, -0.2) is 28.6 Å². The molecule has 0 bridgehead atoms. The molecule has 6 heteroatoms. The van der Waals surface area contributed by atoms with E-state index < -0.39 is 5.97 Å². The predicted octanol–water partition coefficient (Wildman–Crippen LogP) is 4.68. The van der Waals surface area contributed by atoms with Gasteiger partial charge in [0.05, 0.1) is 12.2 Å². The molecule has 1 unspecified atom stereocenters. The number of allylic oxidation sites excluding steroid dienone is 3. The SMILES string of the molecule is CC(=CC=CC(C)CCC(=O)C(C)C)CCOc1c(O)cc2c(c1O)COC2=O. The third-order valence-corrected chi connectivity index (χ3v) is 4.96. The van der Waals surface area contributed by atoms with Crippen LogP contribution in [0.1, 0.15) is 62.9 Å². The maximum atomic E-state index is 11.7. The van der Waals surface area contributed by atoms with E-state index in [1.807, 2.05) is 32.9 Å². The van der Waals surface area contributed by atoms with Gasteiger partial charge in [-0.05, 0) is 25.3 Å². The van der Waals surface area contributed by atoms with Crippen LogP contribution in [0, 0.1) is 11.8 Å². The van der Waals surface area contributed by atoms with Crippen LogP contribution >= 0.6 is 0 Å². The first kappa shape index (κ1) is 22.5. The molecular formula is C23H30O6. The van der Waals surface area contributed by atoms with Crippen molar-refractivity contribution in [1.29, 1.82) is 0 Å². The van der Waals surface area contributed by atoms with E-state index in [9.17, 15) is 19.8 Å². The number of aromatic hydroxyl groups is 2. The van der Waals surface area contributed by atoms with Crippen molar-refractivity contribution in [2.45, 2.75) is 53.6 Å². The molecule has 0 spiro atoms. The second-order valence-corrected chi connectivity index (χ2v) is 7.81. The summed E-state index contributed by atoms with van der Waals surface area (Å²) in [6.07, 6.45) is 8.09. The van der Waals surface area contributed by atoms with Gasteiger partial charge in [-0.15, -0.1) is 0 Å². The molecule has 1 aromatic carbocycles. The number of hydrogen-bond donors (Lipinski definition) is 2. The van der Waals surface area contributed by atoms with Gasteiger partial charge in [0.25, 0.3) is 0 Å². The molecule has 1 aliphatic rings. The number of rotatable bonds is 10. The molecule has 0 saturated carbocycles. The van der Waals surface area contributed by atoms with Crippen molar-refractivity contribution in [3.8, 4) is 17.2 Å². The topological polar surface area (TPSA) is 93.1 Å². The fraction of sp³-hybridized carbons (Fsp3) is 0.478. The predicted molar refractivity (Wildman–Crippen MR) is 110 cm³/mol. The summed E-state index contributed by atoms with van der Waals surface area (Å²) in [6.45, 7) is 8.14. The minimum atomic E-state index is -0.564. The van der Waals surface area contributed by atoms with Gasteiger partial charge in [0.15, 0.2) is 11.5 Å². The Morgan fingerprint density at radius 2 is 2.00 bits per heavy atom. The van der Waals surface area contributed by atoms with E-state index in [-0.39, 0.29) is 41.9 Å². The molecule has 158 valence electrons. The molecule has 0 aliphatic carbocycles. The van der Waals surface area contributed by atoms with E-state index >= 15 is 0 Å². The largest absolute Gasteiger partial charge is 0.504 e. The van der Waals surface area contributed by atoms with Crippen LogP contribution in [-0.2, 0) is 16.1 Å². The van der Waals surface area contributed by atoms with E-state index in [0.717, 1.165) is 12.0 Å². The number of carbonyl (C=O) groups is 2. The van der Waals surface area contributed by atoms with Gasteiger partial charge in [-0.2, -0.15) is 0 Å². The van der Waals surface area contributed by atoms with Crippen molar-refractivity contribution >= 4 is 11.8 Å². The van der Waals surface area contributed by atoms with Gasteiger partial charge >= 0.3 is 5.97 Å². The molecular weight excluding hydrogens is 372 g/mol. The summed E-state index contributed by atoms with van der Waals surface area (Å²) in [6, 6.07) is 1.26. The number of carbonyl (C=O) groups excluding carboxylic acids is 2. The Hall–Kier alpha value is -2.76. The molecule has 1 aromatic rings. The van der Waals surface area contributed by atoms with Crippen molar-refractivity contribution in [3.63, 3.8) is 0 Å². The van der Waals surface area contributed by atoms with E-state index in [4.69, 9.17) is 9.47 Å². The van der Waals surface area contributed by atoms with Gasteiger partial charge in [-0.25, -0.2) is 4.79 Å². The van der Waals surface area contributed by atoms with Crippen LogP contribution in [0.4, 0.5) is 0 Å². The lowest BCUT2D eigenvalue weighted by atomic mass is 9.98. The Balaban J connectivity index is 1.83. The first-order valence-electron chi connectivity index (χ1n) is 9.95. The minimum Gasteiger partial charge on any atom is -0.504 e. The highest BCUT2D eigenvalue weighted by Crippen LogP contribution is 2.43. The van der Waals surface area contributed by atoms with Crippen molar-refractivity contribution in [3.05, 3.63) is 41.0 Å². The lowest BCUT2D eigenvalue weighted by Crippen LogP contribution is -2.07. The summed E-state index contributed by atoms with van der Waals surface area (Å²) in [5.41, 5.74) is 1.58. The lowest BCUT2D eigenvalue weighted by Gasteiger charge is -2.12. The van der Waals surface area contributed by atoms with E-state index in [0.29, 0.717) is 30.1 Å². The standard InChI is InChI=1S/C23H30O6/c1-14(2)19(24)9-8-15(3)6-5-7-16(4)10-11-28-22-20(25)12-17-18(21(22)26)13-29-23(17)27/h5-7,12,14-15,25-26H,8-11,13H2,1-4H3. The molecule has 2 N–H and O–H groups in total. The first-order valence-corrected chi connectivity index (χ1v) is 9.95. The summed E-state index contributed by atoms with van der Waals surface area (Å²) in [5.74, 6) is -0.430. The Morgan fingerprint density at radius 3 is 2.69 bits per heavy atom. The quantitative estimate of drug-likeness (QED) is 0.436. The van der Waals surface area contributed by atoms with E-state index in [2.05, 4.69) is 13.0 Å². The Kier molecular flexibility index (Phi) is 7.88. The summed E-state index contributed by atoms with van der Waals surface area (Å²) < 4.78 is 10.4. The van der Waals surface area contributed by atoms with E-state index in [1.165, 1.54) is 6.07 Å². The zero-order valence-electron chi connectivity index (χ0n) is 17.5. The van der Waals surface area contributed by atoms with Crippen molar-refractivity contribution in [2.75, 3.05) is 6.61 Å². The summed E-state index contributed by atoms with van der Waals surface area (Å²) in [4.78, 5) is 23.2. The molecule has 0 fully saturated rings. The summed E-state index contributed by atoms with van der Waals surface area (Å²) in [7, 11) is 0. The fourth-order valence-electron chi connectivity index (χ4n) is 2.92. The van der Waals surface area contributed by atoms with Gasteiger partial charge in [0, 0.05) is 24.3 Å². The molecule has 0 saturated heterocycles. The van der Waals surface area contributed by atoms with Crippen LogP contribution in [0.5, 0.6) is 17.2 Å². The molecule has 0 aromatic heterocycles. The van der Waals surface area contributed by atoms with Gasteiger partial charge in [0.1, 0.15) is 12.4 Å². The first-order chi connectivity index (χ1) is 13.7. The van der Waals surface area contributed by atoms with Crippen molar-refractivity contribution in [1.82, 2.24) is 0 Å². The van der Waals surface area contributed by atoms with Crippen LogP contribution in [0.3, 0.4) is 0 Å². The number of esters is 1.